The number of nitrogens with zero attached hydrogens (tertiary/aromatic N) is 1. The van der Waals surface area contributed by atoms with Crippen molar-refractivity contribution in [3.8, 4) is 6.07 Å². The second-order valence-electron chi connectivity index (χ2n) is 5.43. The molecule has 0 bridgehead atoms. The highest BCUT2D eigenvalue weighted by atomic mass is 35.5. The number of nitrogens with one attached hydrogen (secondary N) is 1. The summed E-state index contributed by atoms with van der Waals surface area (Å²) in [6.07, 6.45) is 0. The van der Waals surface area contributed by atoms with Crippen LogP contribution < -0.4 is 0 Å². The number of rotatable bonds is 2. The van der Waals surface area contributed by atoms with Crippen molar-refractivity contribution in [2.45, 2.75) is 12.3 Å². The Kier molecular flexibility index (Phi) is 3.75. The maximum absolute atomic E-state index is 12.4. The number of hydrogen-bond acceptors (Lipinski definition) is 5. The zero-order valence-electron chi connectivity index (χ0n) is 12.5. The quantitative estimate of drug-likeness (QED) is 0.844. The number of hydrogen-bond donors (Lipinski definition) is 1. The molecule has 1 heterocycles. The largest absolute Gasteiger partial charge is 0.468 e. The Hall–Kier alpha value is -2.16. The minimum atomic E-state index is -1.28. The SMILES string of the molecule is COC(=O)C1C(=N)c2ccc(Cl)cc2C1(C#N)c1csc(C)c1. The third-order valence-electron chi connectivity index (χ3n) is 4.22. The molecule has 0 amide bonds. The molecular formula is C17H13ClN2O2S. The third kappa shape index (κ3) is 2.10. The number of carbonyl (C=O) groups excluding carboxylic acids is 1. The predicted octanol–water partition coefficient (Wildman–Crippen LogP) is 3.69. The van der Waals surface area contributed by atoms with E-state index in [1.165, 1.54) is 18.4 Å². The van der Waals surface area contributed by atoms with E-state index in [1.807, 2.05) is 18.4 Å². The summed E-state index contributed by atoms with van der Waals surface area (Å²) in [6.45, 7) is 1.94. The van der Waals surface area contributed by atoms with Crippen LogP contribution >= 0.6 is 22.9 Å². The van der Waals surface area contributed by atoms with Crippen LogP contribution in [-0.2, 0) is 14.9 Å². The van der Waals surface area contributed by atoms with E-state index in [9.17, 15) is 10.1 Å². The molecule has 1 aliphatic carbocycles. The highest BCUT2D eigenvalue weighted by molar-refractivity contribution is 7.10. The molecular weight excluding hydrogens is 332 g/mol. The predicted molar refractivity (Wildman–Crippen MR) is 89.2 cm³/mol. The second-order valence-corrected chi connectivity index (χ2v) is 6.98. The summed E-state index contributed by atoms with van der Waals surface area (Å²) in [5.41, 5.74) is 0.660. The van der Waals surface area contributed by atoms with Gasteiger partial charge in [0.25, 0.3) is 0 Å². The molecule has 6 heteroatoms. The van der Waals surface area contributed by atoms with Gasteiger partial charge in [-0.15, -0.1) is 11.3 Å². The van der Waals surface area contributed by atoms with Crippen molar-refractivity contribution >= 4 is 34.6 Å². The van der Waals surface area contributed by atoms with E-state index in [0.29, 0.717) is 21.7 Å². The summed E-state index contributed by atoms with van der Waals surface area (Å²) in [4.78, 5) is 13.4. The number of esters is 1. The topological polar surface area (TPSA) is 73.9 Å². The molecule has 1 aromatic carbocycles. The summed E-state index contributed by atoms with van der Waals surface area (Å²) in [5.74, 6) is -1.59. The van der Waals surface area contributed by atoms with Gasteiger partial charge in [-0.05, 0) is 41.6 Å². The van der Waals surface area contributed by atoms with Crippen LogP contribution in [0.4, 0.5) is 0 Å². The first-order valence-electron chi connectivity index (χ1n) is 6.89. The van der Waals surface area contributed by atoms with Crippen molar-refractivity contribution in [2.24, 2.45) is 5.92 Å². The van der Waals surface area contributed by atoms with Gasteiger partial charge < -0.3 is 10.1 Å². The summed E-state index contributed by atoms with van der Waals surface area (Å²) in [7, 11) is 1.27. The molecule has 1 N–H and O–H groups in total. The van der Waals surface area contributed by atoms with Gasteiger partial charge in [0.05, 0.1) is 18.9 Å². The highest BCUT2D eigenvalue weighted by Crippen LogP contribution is 2.49. The highest BCUT2D eigenvalue weighted by Gasteiger charge is 2.56. The van der Waals surface area contributed by atoms with Crippen LogP contribution in [0, 0.1) is 29.6 Å². The number of benzene rings is 1. The molecule has 4 nitrogen and oxygen atoms in total. The van der Waals surface area contributed by atoms with E-state index in [4.69, 9.17) is 21.7 Å². The Morgan fingerprint density at radius 1 is 1.48 bits per heavy atom. The van der Waals surface area contributed by atoms with Crippen molar-refractivity contribution in [3.05, 3.63) is 56.2 Å². The van der Waals surface area contributed by atoms with Gasteiger partial charge in [0, 0.05) is 15.5 Å². The fourth-order valence-electron chi connectivity index (χ4n) is 3.18. The van der Waals surface area contributed by atoms with E-state index >= 15 is 0 Å². The van der Waals surface area contributed by atoms with Gasteiger partial charge in [-0.3, -0.25) is 4.79 Å². The Labute approximate surface area is 142 Å². The number of thiophene rings is 1. The Morgan fingerprint density at radius 3 is 2.78 bits per heavy atom. The lowest BCUT2D eigenvalue weighted by Gasteiger charge is -2.27. The second kappa shape index (κ2) is 5.48. The maximum atomic E-state index is 12.4. The number of fused-ring (bicyclic) bond motifs is 1. The summed E-state index contributed by atoms with van der Waals surface area (Å²) >= 11 is 7.62. The van der Waals surface area contributed by atoms with Gasteiger partial charge in [0.2, 0.25) is 0 Å². The van der Waals surface area contributed by atoms with Gasteiger partial charge in [0.1, 0.15) is 11.3 Å². The molecule has 2 aromatic rings. The van der Waals surface area contributed by atoms with Crippen LogP contribution in [0.25, 0.3) is 0 Å². The Balaban J connectivity index is 2.37. The summed E-state index contributed by atoms with van der Waals surface area (Å²) < 4.78 is 4.89. The standard InChI is InChI=1S/C17H13ClN2O2S/c1-9-5-10(7-23-9)17(8-19)13-6-11(18)3-4-12(13)15(20)14(17)16(21)22-2/h3-7,14,20H,1-2H3. The van der Waals surface area contributed by atoms with Gasteiger partial charge in [-0.2, -0.15) is 5.26 Å². The summed E-state index contributed by atoms with van der Waals surface area (Å²) in [5, 5.41) is 20.8. The number of halogens is 1. The average Bonchev–Trinajstić information content (AvgIpc) is 3.07. The summed E-state index contributed by atoms with van der Waals surface area (Å²) in [6, 6.07) is 9.20. The van der Waals surface area contributed by atoms with Crippen molar-refractivity contribution in [3.63, 3.8) is 0 Å². The van der Waals surface area contributed by atoms with Gasteiger partial charge in [0.15, 0.2) is 0 Å². The van der Waals surface area contributed by atoms with Crippen molar-refractivity contribution in [2.75, 3.05) is 7.11 Å². The molecule has 2 atom stereocenters. The first kappa shape index (κ1) is 15.7. The van der Waals surface area contributed by atoms with Crippen LogP contribution in [-0.4, -0.2) is 18.8 Å². The van der Waals surface area contributed by atoms with Crippen LogP contribution in [0.3, 0.4) is 0 Å². The molecule has 0 fully saturated rings. The maximum Gasteiger partial charge on any atom is 0.317 e. The smallest absolute Gasteiger partial charge is 0.317 e. The fourth-order valence-corrected chi connectivity index (χ4v) is 4.11. The van der Waals surface area contributed by atoms with Crippen LogP contribution in [0.5, 0.6) is 0 Å². The van der Waals surface area contributed by atoms with E-state index in [2.05, 4.69) is 6.07 Å². The lowest BCUT2D eigenvalue weighted by molar-refractivity contribution is -0.143. The van der Waals surface area contributed by atoms with E-state index in [0.717, 1.165) is 4.88 Å². The molecule has 0 radical (unpaired) electrons. The zero-order chi connectivity index (χ0) is 16.8. The van der Waals surface area contributed by atoms with E-state index in [-0.39, 0.29) is 5.71 Å². The number of ether oxygens (including phenoxy) is 1. The molecule has 1 aliphatic rings. The molecule has 0 spiro atoms. The normalized spacial score (nSPS) is 22.5. The first-order valence-corrected chi connectivity index (χ1v) is 8.15. The van der Waals surface area contributed by atoms with Gasteiger partial charge >= 0.3 is 5.97 Å². The minimum Gasteiger partial charge on any atom is -0.468 e. The van der Waals surface area contributed by atoms with E-state index < -0.39 is 17.3 Å². The lowest BCUT2D eigenvalue weighted by atomic mass is 9.71. The molecule has 1 aromatic heterocycles. The lowest BCUT2D eigenvalue weighted by Crippen LogP contribution is -2.39. The third-order valence-corrected chi connectivity index (χ3v) is 5.31. The molecule has 116 valence electrons. The number of methoxy groups -OCH3 is 1. The van der Waals surface area contributed by atoms with Crippen molar-refractivity contribution in [1.82, 2.24) is 0 Å². The number of nitriles is 1. The minimum absolute atomic E-state index is 0.0916. The van der Waals surface area contributed by atoms with Gasteiger partial charge in [-0.25, -0.2) is 0 Å². The first-order chi connectivity index (χ1) is 11.0. The molecule has 2 unspecified atom stereocenters. The Bertz CT molecular complexity index is 868. The van der Waals surface area contributed by atoms with Crippen LogP contribution in [0.2, 0.25) is 5.02 Å². The molecule has 0 aliphatic heterocycles. The van der Waals surface area contributed by atoms with Crippen molar-refractivity contribution in [1.29, 1.82) is 10.7 Å². The van der Waals surface area contributed by atoms with E-state index in [1.54, 1.807) is 18.2 Å². The number of aryl methyl sites for hydroxylation is 1. The van der Waals surface area contributed by atoms with Gasteiger partial charge in [-0.1, -0.05) is 17.7 Å². The monoisotopic (exact) mass is 344 g/mol. The average molecular weight is 345 g/mol. The van der Waals surface area contributed by atoms with Crippen LogP contribution in [0.1, 0.15) is 21.6 Å². The number of carbonyl (C=O) groups is 1. The van der Waals surface area contributed by atoms with Crippen molar-refractivity contribution < 1.29 is 9.53 Å². The molecule has 0 saturated carbocycles. The molecule has 3 rings (SSSR count). The molecule has 0 saturated heterocycles. The molecule has 23 heavy (non-hydrogen) atoms. The zero-order valence-corrected chi connectivity index (χ0v) is 14.1. The Morgan fingerprint density at radius 2 is 2.22 bits per heavy atom. The fraction of sp³-hybridized carbons (Fsp3) is 0.235. The van der Waals surface area contributed by atoms with Crippen LogP contribution in [0.15, 0.2) is 29.6 Å².